The smallest absolute Gasteiger partial charge is 0.394 e. The normalized spacial score (nSPS) is 13.2. The zero-order valence-electron chi connectivity index (χ0n) is 13.9. The van der Waals surface area contributed by atoms with E-state index in [1.165, 1.54) is 23.0 Å². The summed E-state index contributed by atoms with van der Waals surface area (Å²) < 4.78 is 31.9. The molecule has 0 spiro atoms. The molecule has 1 unspecified atom stereocenters. The molecule has 0 bridgehead atoms. The Labute approximate surface area is 147 Å². The number of hydrogen-bond donors (Lipinski definition) is 3. The molecule has 0 aliphatic carbocycles. The first-order chi connectivity index (χ1) is 12.3. The van der Waals surface area contributed by atoms with E-state index < -0.39 is 18.8 Å². The molecule has 9 heteroatoms. The lowest BCUT2D eigenvalue weighted by Gasteiger charge is -2.13. The Morgan fingerprint density at radius 2 is 1.96 bits per heavy atom. The van der Waals surface area contributed by atoms with Gasteiger partial charge >= 0.3 is 6.11 Å². The predicted molar refractivity (Wildman–Crippen MR) is 90.1 cm³/mol. The molecule has 0 aliphatic rings. The predicted octanol–water partition coefficient (Wildman–Crippen LogP) is 1.90. The Bertz CT molecular complexity index is 907. The van der Waals surface area contributed by atoms with Gasteiger partial charge in [0.15, 0.2) is 5.65 Å². The van der Waals surface area contributed by atoms with Crippen molar-refractivity contribution in [3.63, 3.8) is 0 Å². The fourth-order valence-corrected chi connectivity index (χ4v) is 2.70. The van der Waals surface area contributed by atoms with Crippen LogP contribution in [0.15, 0.2) is 36.5 Å². The van der Waals surface area contributed by atoms with Gasteiger partial charge < -0.3 is 20.7 Å². The molecule has 2 heterocycles. The van der Waals surface area contributed by atoms with Crippen LogP contribution in [-0.4, -0.2) is 37.7 Å². The summed E-state index contributed by atoms with van der Waals surface area (Å²) in [6.07, 6.45) is -2.88. The number of aliphatic hydroxyl groups is 2. The average molecular weight is 364 g/mol. The molecule has 0 fully saturated rings. The number of hydrogen-bond acceptors (Lipinski definition) is 6. The van der Waals surface area contributed by atoms with Gasteiger partial charge in [-0.25, -0.2) is 9.67 Å². The maximum atomic E-state index is 12.9. The molecule has 4 N–H and O–H groups in total. The van der Waals surface area contributed by atoms with Crippen molar-refractivity contribution in [2.75, 3.05) is 6.61 Å². The van der Waals surface area contributed by atoms with E-state index in [4.69, 9.17) is 5.73 Å². The third kappa shape index (κ3) is 3.50. The maximum absolute atomic E-state index is 12.9. The molecule has 0 saturated heterocycles. The van der Waals surface area contributed by atoms with Crippen molar-refractivity contribution in [1.82, 2.24) is 14.8 Å². The Morgan fingerprint density at radius 1 is 1.27 bits per heavy atom. The van der Waals surface area contributed by atoms with E-state index in [0.717, 1.165) is 0 Å². The zero-order valence-corrected chi connectivity index (χ0v) is 13.9. The molecule has 0 aliphatic heterocycles. The fraction of sp³-hybridized carbons (Fsp3) is 0.294. The lowest BCUT2D eigenvalue weighted by atomic mass is 10.1. The van der Waals surface area contributed by atoms with Crippen molar-refractivity contribution < 1.29 is 23.7 Å². The van der Waals surface area contributed by atoms with Gasteiger partial charge in [-0.15, -0.1) is 0 Å². The lowest BCUT2D eigenvalue weighted by molar-refractivity contribution is -0.158. The summed E-state index contributed by atoms with van der Waals surface area (Å²) in [5, 5.41) is 24.2. The molecule has 26 heavy (non-hydrogen) atoms. The number of nitrogens with two attached hydrogens (primary N) is 1. The second kappa shape index (κ2) is 6.94. The molecule has 7 nitrogen and oxygen atoms in total. The average Bonchev–Trinajstić information content (AvgIpc) is 2.99. The Balaban J connectivity index is 2.08. The van der Waals surface area contributed by atoms with Gasteiger partial charge in [-0.2, -0.15) is 13.9 Å². The first kappa shape index (κ1) is 18.2. The summed E-state index contributed by atoms with van der Waals surface area (Å²) in [6.45, 7) is 0.308. The molecule has 0 amide bonds. The van der Waals surface area contributed by atoms with Crippen LogP contribution in [0.25, 0.3) is 16.7 Å². The van der Waals surface area contributed by atoms with E-state index in [1.807, 2.05) is 0 Å². The number of fused-ring (bicyclic) bond motifs is 1. The zero-order chi connectivity index (χ0) is 18.9. The van der Waals surface area contributed by atoms with Gasteiger partial charge in [0, 0.05) is 25.1 Å². The number of aliphatic hydroxyl groups excluding tert-OH is 2. The lowest BCUT2D eigenvalue weighted by Crippen LogP contribution is -2.19. The Morgan fingerprint density at radius 3 is 2.54 bits per heavy atom. The summed E-state index contributed by atoms with van der Waals surface area (Å²) in [6, 6.07) is 7.51. The first-order valence-electron chi connectivity index (χ1n) is 7.87. The van der Waals surface area contributed by atoms with E-state index in [9.17, 15) is 19.0 Å². The van der Waals surface area contributed by atoms with Crippen molar-refractivity contribution >= 4 is 11.0 Å². The van der Waals surface area contributed by atoms with Gasteiger partial charge in [0.2, 0.25) is 0 Å². The van der Waals surface area contributed by atoms with Crippen molar-refractivity contribution in [1.29, 1.82) is 0 Å². The van der Waals surface area contributed by atoms with Gasteiger partial charge in [-0.1, -0.05) is 0 Å². The standard InChI is InChI=1S/C17H18F2N4O3/c1-17(18,19)26-11-4-2-10(3-5-11)23-16-15(13(8-20)22-23)12(6-7-21-16)14(25)9-24/h2-7,14,24-25H,8-9,20H2,1H3. The van der Waals surface area contributed by atoms with E-state index in [0.29, 0.717) is 34.9 Å². The van der Waals surface area contributed by atoms with Crippen LogP contribution >= 0.6 is 0 Å². The third-order valence-corrected chi connectivity index (χ3v) is 3.78. The monoisotopic (exact) mass is 364 g/mol. The van der Waals surface area contributed by atoms with Crippen LogP contribution in [0.2, 0.25) is 0 Å². The van der Waals surface area contributed by atoms with E-state index in [1.54, 1.807) is 18.2 Å². The Hall–Kier alpha value is -2.62. The molecule has 1 aromatic carbocycles. The van der Waals surface area contributed by atoms with Crippen molar-refractivity contribution in [3.05, 3.63) is 47.8 Å². The van der Waals surface area contributed by atoms with Crippen LogP contribution in [0.5, 0.6) is 5.75 Å². The third-order valence-electron chi connectivity index (χ3n) is 3.78. The molecule has 0 radical (unpaired) electrons. The number of nitrogens with zero attached hydrogens (tertiary/aromatic N) is 3. The van der Waals surface area contributed by atoms with Gasteiger partial charge in [-0.3, -0.25) is 0 Å². The van der Waals surface area contributed by atoms with E-state index in [2.05, 4.69) is 14.8 Å². The van der Waals surface area contributed by atoms with Crippen molar-refractivity contribution in [2.24, 2.45) is 5.73 Å². The Kier molecular flexibility index (Phi) is 4.86. The summed E-state index contributed by atoms with van der Waals surface area (Å²) in [4.78, 5) is 4.29. The van der Waals surface area contributed by atoms with E-state index >= 15 is 0 Å². The number of rotatable bonds is 6. The number of halogens is 2. The van der Waals surface area contributed by atoms with E-state index in [-0.39, 0.29) is 12.3 Å². The highest BCUT2D eigenvalue weighted by Gasteiger charge is 2.23. The largest absolute Gasteiger partial charge is 0.433 e. The summed E-state index contributed by atoms with van der Waals surface area (Å²) in [5.41, 5.74) is 7.72. The fourth-order valence-electron chi connectivity index (χ4n) is 2.70. The van der Waals surface area contributed by atoms with Crippen LogP contribution in [-0.2, 0) is 6.54 Å². The summed E-state index contributed by atoms with van der Waals surface area (Å²) >= 11 is 0. The minimum Gasteiger partial charge on any atom is -0.433 e. The highest BCUT2D eigenvalue weighted by molar-refractivity contribution is 5.84. The SMILES string of the molecule is CC(F)(F)Oc1ccc(-n2nc(CN)c3c(C(O)CO)ccnc32)cc1. The highest BCUT2D eigenvalue weighted by atomic mass is 19.3. The minimum atomic E-state index is -3.27. The van der Waals surface area contributed by atoms with Crippen LogP contribution in [0, 0.1) is 0 Å². The van der Waals surface area contributed by atoms with Crippen molar-refractivity contribution in [3.8, 4) is 11.4 Å². The van der Waals surface area contributed by atoms with Gasteiger partial charge in [0.05, 0.1) is 18.0 Å². The number of alkyl halides is 2. The van der Waals surface area contributed by atoms with Crippen LogP contribution < -0.4 is 10.5 Å². The molecular formula is C17H18F2N4O3. The van der Waals surface area contributed by atoms with Gasteiger partial charge in [-0.05, 0) is 35.9 Å². The number of pyridine rings is 1. The molecule has 3 aromatic rings. The number of benzene rings is 1. The molecular weight excluding hydrogens is 346 g/mol. The number of ether oxygens (including phenoxy) is 1. The summed E-state index contributed by atoms with van der Waals surface area (Å²) in [5.74, 6) is 0.0149. The van der Waals surface area contributed by atoms with Crippen LogP contribution in [0.3, 0.4) is 0 Å². The maximum Gasteiger partial charge on any atom is 0.394 e. The molecule has 0 saturated carbocycles. The van der Waals surface area contributed by atoms with Crippen LogP contribution in [0.4, 0.5) is 8.78 Å². The minimum absolute atomic E-state index is 0.0149. The molecule has 3 rings (SSSR count). The quantitative estimate of drug-likeness (QED) is 0.617. The number of aromatic nitrogens is 3. The summed E-state index contributed by atoms with van der Waals surface area (Å²) in [7, 11) is 0. The van der Waals surface area contributed by atoms with Gasteiger partial charge in [0.1, 0.15) is 11.9 Å². The molecule has 138 valence electrons. The van der Waals surface area contributed by atoms with Crippen molar-refractivity contribution in [2.45, 2.75) is 25.7 Å². The topological polar surface area (TPSA) is 106 Å². The second-order valence-corrected chi connectivity index (χ2v) is 5.76. The highest BCUT2D eigenvalue weighted by Crippen LogP contribution is 2.29. The molecule has 2 aromatic heterocycles. The first-order valence-corrected chi connectivity index (χ1v) is 7.87. The van der Waals surface area contributed by atoms with Crippen LogP contribution in [0.1, 0.15) is 24.3 Å². The molecule has 1 atom stereocenters. The second-order valence-electron chi connectivity index (χ2n) is 5.76. The van der Waals surface area contributed by atoms with Gasteiger partial charge in [0.25, 0.3) is 0 Å².